The normalized spacial score (nSPS) is 20.6. The van der Waals surface area contributed by atoms with Gasteiger partial charge in [-0.15, -0.1) is 0 Å². The van der Waals surface area contributed by atoms with Crippen LogP contribution in [0.3, 0.4) is 0 Å². The highest BCUT2D eigenvalue weighted by molar-refractivity contribution is 5.80. The Morgan fingerprint density at radius 3 is 2.31 bits per heavy atom. The highest BCUT2D eigenvalue weighted by Crippen LogP contribution is 2.23. The van der Waals surface area contributed by atoms with E-state index >= 15 is 0 Å². The number of carbonyl (C=O) groups excluding carboxylic acids is 1. The number of hydrogen-bond acceptors (Lipinski definition) is 3. The molecule has 26 heavy (non-hydrogen) atoms. The van der Waals surface area contributed by atoms with E-state index in [-0.39, 0.29) is 23.9 Å². The standard InChI is InChI=1S/C22H29N3O/c1-17-15-24(16-19-9-5-3-6-10-19)13-14-25(17)22(26)18(2)21(23)20-11-7-4-8-12-20/h3-12,17-18,21H,13-16,23H2,1-2H3. The Bertz CT molecular complexity index is 704. The van der Waals surface area contributed by atoms with Crippen molar-refractivity contribution in [2.24, 2.45) is 11.7 Å². The maximum absolute atomic E-state index is 13.0. The smallest absolute Gasteiger partial charge is 0.227 e. The van der Waals surface area contributed by atoms with Crippen LogP contribution in [0, 0.1) is 5.92 Å². The van der Waals surface area contributed by atoms with Crippen LogP contribution in [0.2, 0.25) is 0 Å². The van der Waals surface area contributed by atoms with Crippen molar-refractivity contribution in [2.75, 3.05) is 19.6 Å². The predicted molar refractivity (Wildman–Crippen MR) is 105 cm³/mol. The van der Waals surface area contributed by atoms with E-state index in [2.05, 4.69) is 36.1 Å². The van der Waals surface area contributed by atoms with E-state index in [0.717, 1.165) is 31.7 Å². The molecule has 1 saturated heterocycles. The van der Waals surface area contributed by atoms with Gasteiger partial charge in [0, 0.05) is 38.3 Å². The summed E-state index contributed by atoms with van der Waals surface area (Å²) in [4.78, 5) is 17.4. The summed E-state index contributed by atoms with van der Waals surface area (Å²) in [6.07, 6.45) is 0. The van der Waals surface area contributed by atoms with Crippen molar-refractivity contribution in [3.05, 3.63) is 71.8 Å². The van der Waals surface area contributed by atoms with Gasteiger partial charge in [-0.2, -0.15) is 0 Å². The lowest BCUT2D eigenvalue weighted by molar-refractivity contribution is -0.140. The molecular formula is C22H29N3O. The van der Waals surface area contributed by atoms with Crippen LogP contribution >= 0.6 is 0 Å². The Morgan fingerprint density at radius 2 is 1.69 bits per heavy atom. The highest BCUT2D eigenvalue weighted by atomic mass is 16.2. The summed E-state index contributed by atoms with van der Waals surface area (Å²) >= 11 is 0. The molecule has 1 aliphatic heterocycles. The quantitative estimate of drug-likeness (QED) is 0.901. The maximum atomic E-state index is 13.0. The minimum absolute atomic E-state index is 0.160. The molecule has 4 heteroatoms. The Balaban J connectivity index is 1.59. The van der Waals surface area contributed by atoms with Crippen molar-refractivity contribution in [3.63, 3.8) is 0 Å². The molecule has 1 fully saturated rings. The zero-order valence-corrected chi connectivity index (χ0v) is 15.7. The first kappa shape index (κ1) is 18.6. The monoisotopic (exact) mass is 351 g/mol. The first-order valence-corrected chi connectivity index (χ1v) is 9.43. The van der Waals surface area contributed by atoms with Crippen molar-refractivity contribution in [1.29, 1.82) is 0 Å². The molecular weight excluding hydrogens is 322 g/mol. The molecule has 0 spiro atoms. The topological polar surface area (TPSA) is 49.6 Å². The Hall–Kier alpha value is -2.17. The first-order valence-electron chi connectivity index (χ1n) is 9.43. The molecule has 0 aromatic heterocycles. The fraction of sp³-hybridized carbons (Fsp3) is 0.409. The molecule has 0 bridgehead atoms. The Kier molecular flexibility index (Phi) is 6.07. The van der Waals surface area contributed by atoms with Crippen LogP contribution in [0.25, 0.3) is 0 Å². The summed E-state index contributed by atoms with van der Waals surface area (Å²) in [5.41, 5.74) is 8.70. The average molecular weight is 351 g/mol. The summed E-state index contributed by atoms with van der Waals surface area (Å²) in [6.45, 7) is 7.58. The van der Waals surface area contributed by atoms with Crippen LogP contribution in [-0.2, 0) is 11.3 Å². The number of piperazine rings is 1. The summed E-state index contributed by atoms with van der Waals surface area (Å²) in [5.74, 6) is -0.0614. The molecule has 1 heterocycles. The maximum Gasteiger partial charge on any atom is 0.227 e. The van der Waals surface area contributed by atoms with Crippen LogP contribution in [0.5, 0.6) is 0 Å². The number of rotatable bonds is 5. The van der Waals surface area contributed by atoms with Gasteiger partial charge in [-0.1, -0.05) is 67.6 Å². The predicted octanol–water partition coefficient (Wildman–Crippen LogP) is 3.06. The van der Waals surface area contributed by atoms with Crippen LogP contribution in [0.4, 0.5) is 0 Å². The number of nitrogens with two attached hydrogens (primary N) is 1. The van der Waals surface area contributed by atoms with Gasteiger partial charge in [-0.25, -0.2) is 0 Å². The van der Waals surface area contributed by atoms with E-state index in [4.69, 9.17) is 5.73 Å². The van der Waals surface area contributed by atoms with Crippen molar-refractivity contribution in [2.45, 2.75) is 32.5 Å². The fourth-order valence-electron chi connectivity index (χ4n) is 3.72. The number of hydrogen-bond donors (Lipinski definition) is 1. The molecule has 3 atom stereocenters. The van der Waals surface area contributed by atoms with E-state index in [9.17, 15) is 4.79 Å². The molecule has 3 rings (SSSR count). The number of nitrogens with zero attached hydrogens (tertiary/aromatic N) is 2. The van der Waals surface area contributed by atoms with E-state index in [1.54, 1.807) is 0 Å². The number of benzene rings is 2. The number of carbonyl (C=O) groups is 1. The molecule has 0 aliphatic carbocycles. The van der Waals surface area contributed by atoms with Crippen molar-refractivity contribution < 1.29 is 4.79 Å². The SMILES string of the molecule is CC(C(=O)N1CCN(Cc2ccccc2)CC1C)C(N)c1ccccc1. The third kappa shape index (κ3) is 4.32. The van der Waals surface area contributed by atoms with E-state index in [1.807, 2.05) is 48.2 Å². The molecule has 2 aromatic carbocycles. The fourth-order valence-corrected chi connectivity index (χ4v) is 3.72. The number of amides is 1. The lowest BCUT2D eigenvalue weighted by Crippen LogP contribution is -2.55. The van der Waals surface area contributed by atoms with Crippen molar-refractivity contribution in [1.82, 2.24) is 9.80 Å². The summed E-state index contributed by atoms with van der Waals surface area (Å²) in [5, 5.41) is 0. The third-order valence-electron chi connectivity index (χ3n) is 5.36. The van der Waals surface area contributed by atoms with E-state index in [0.29, 0.717) is 0 Å². The second kappa shape index (κ2) is 8.47. The van der Waals surface area contributed by atoms with Crippen molar-refractivity contribution >= 4 is 5.91 Å². The second-order valence-corrected chi connectivity index (χ2v) is 7.33. The average Bonchev–Trinajstić information content (AvgIpc) is 2.68. The first-order chi connectivity index (χ1) is 12.6. The van der Waals surface area contributed by atoms with Gasteiger partial charge in [0.15, 0.2) is 0 Å². The van der Waals surface area contributed by atoms with Crippen LogP contribution < -0.4 is 5.73 Å². The summed E-state index contributed by atoms with van der Waals surface area (Å²) in [6, 6.07) is 20.3. The second-order valence-electron chi connectivity index (χ2n) is 7.33. The van der Waals surface area contributed by atoms with Crippen molar-refractivity contribution in [3.8, 4) is 0 Å². The van der Waals surface area contributed by atoms with Gasteiger partial charge in [0.25, 0.3) is 0 Å². The highest BCUT2D eigenvalue weighted by Gasteiger charge is 2.32. The summed E-state index contributed by atoms with van der Waals surface area (Å²) < 4.78 is 0. The minimum Gasteiger partial charge on any atom is -0.337 e. The van der Waals surface area contributed by atoms with E-state index < -0.39 is 0 Å². The van der Waals surface area contributed by atoms with Crippen LogP contribution in [0.15, 0.2) is 60.7 Å². The van der Waals surface area contributed by atoms with Gasteiger partial charge in [0.1, 0.15) is 0 Å². The molecule has 3 unspecified atom stereocenters. The van der Waals surface area contributed by atoms with Crippen LogP contribution in [-0.4, -0.2) is 41.4 Å². The molecule has 1 amide bonds. The Morgan fingerprint density at radius 1 is 1.08 bits per heavy atom. The largest absolute Gasteiger partial charge is 0.337 e. The van der Waals surface area contributed by atoms with Gasteiger partial charge in [-0.3, -0.25) is 9.69 Å². The molecule has 1 aliphatic rings. The molecule has 2 aromatic rings. The molecule has 0 saturated carbocycles. The van der Waals surface area contributed by atoms with E-state index in [1.165, 1.54) is 5.56 Å². The molecule has 4 nitrogen and oxygen atoms in total. The lowest BCUT2D eigenvalue weighted by atomic mass is 9.93. The lowest BCUT2D eigenvalue weighted by Gasteiger charge is -2.41. The minimum atomic E-state index is -0.266. The zero-order valence-electron chi connectivity index (χ0n) is 15.7. The zero-order chi connectivity index (χ0) is 18.5. The molecule has 138 valence electrons. The van der Waals surface area contributed by atoms with Gasteiger partial charge >= 0.3 is 0 Å². The Labute approximate surface area is 156 Å². The van der Waals surface area contributed by atoms with Gasteiger partial charge in [0.05, 0.1) is 5.92 Å². The summed E-state index contributed by atoms with van der Waals surface area (Å²) in [7, 11) is 0. The molecule has 0 radical (unpaired) electrons. The van der Waals surface area contributed by atoms with Gasteiger partial charge in [-0.05, 0) is 18.1 Å². The molecule has 2 N–H and O–H groups in total. The third-order valence-corrected chi connectivity index (χ3v) is 5.36. The van der Waals surface area contributed by atoms with Crippen LogP contribution in [0.1, 0.15) is 31.0 Å². The van der Waals surface area contributed by atoms with Gasteiger partial charge < -0.3 is 10.6 Å². The van der Waals surface area contributed by atoms with Gasteiger partial charge in [0.2, 0.25) is 5.91 Å².